The Balaban J connectivity index is 2.07. The predicted octanol–water partition coefficient (Wildman–Crippen LogP) is 3.82. The van der Waals surface area contributed by atoms with Crippen LogP contribution < -0.4 is 0 Å². The molecule has 0 aliphatic carbocycles. The number of carboxylic acid groups (broad SMARTS) is 1. The van der Waals surface area contributed by atoms with Crippen LogP contribution in [-0.2, 0) is 11.2 Å². The molecule has 0 amide bonds. The standard InChI is InChI=1S/C17H13ClN2O2/c18-14-6-7-16(15(9-14)13-4-2-1-3-5-13)20-11-12(10-19-20)8-17(21)22/h1-7,9-11H,8H2,(H,21,22). The summed E-state index contributed by atoms with van der Waals surface area (Å²) in [5.41, 5.74) is 3.47. The zero-order valence-electron chi connectivity index (χ0n) is 11.6. The van der Waals surface area contributed by atoms with Crippen molar-refractivity contribution >= 4 is 17.6 Å². The largest absolute Gasteiger partial charge is 0.481 e. The number of aromatic nitrogens is 2. The van der Waals surface area contributed by atoms with Gasteiger partial charge in [-0.05, 0) is 23.8 Å². The van der Waals surface area contributed by atoms with Crippen LogP contribution in [0.2, 0.25) is 5.02 Å². The van der Waals surface area contributed by atoms with E-state index < -0.39 is 5.97 Å². The highest BCUT2D eigenvalue weighted by molar-refractivity contribution is 6.31. The van der Waals surface area contributed by atoms with Crippen molar-refractivity contribution in [2.75, 3.05) is 0 Å². The Bertz CT molecular complexity index is 813. The van der Waals surface area contributed by atoms with Crippen LogP contribution in [0.3, 0.4) is 0 Å². The van der Waals surface area contributed by atoms with Gasteiger partial charge in [-0.1, -0.05) is 41.9 Å². The van der Waals surface area contributed by atoms with Crippen LogP contribution in [0, 0.1) is 0 Å². The average Bonchev–Trinajstić information content (AvgIpc) is 2.95. The van der Waals surface area contributed by atoms with Crippen molar-refractivity contribution in [3.8, 4) is 16.8 Å². The summed E-state index contributed by atoms with van der Waals surface area (Å²) >= 11 is 6.12. The van der Waals surface area contributed by atoms with E-state index in [4.69, 9.17) is 16.7 Å². The fourth-order valence-corrected chi connectivity index (χ4v) is 2.49. The molecule has 1 aromatic heterocycles. The first-order valence-electron chi connectivity index (χ1n) is 6.74. The van der Waals surface area contributed by atoms with Crippen LogP contribution in [0.1, 0.15) is 5.56 Å². The first-order valence-corrected chi connectivity index (χ1v) is 7.12. The summed E-state index contributed by atoms with van der Waals surface area (Å²) in [7, 11) is 0. The minimum atomic E-state index is -0.876. The number of halogens is 1. The van der Waals surface area contributed by atoms with Gasteiger partial charge in [0.25, 0.3) is 0 Å². The van der Waals surface area contributed by atoms with Gasteiger partial charge in [-0.25, -0.2) is 4.68 Å². The quantitative estimate of drug-likeness (QED) is 0.796. The van der Waals surface area contributed by atoms with Crippen LogP contribution in [0.15, 0.2) is 60.9 Å². The lowest BCUT2D eigenvalue weighted by molar-refractivity contribution is -0.136. The smallest absolute Gasteiger partial charge is 0.307 e. The second-order valence-corrected chi connectivity index (χ2v) is 5.33. The second-order valence-electron chi connectivity index (χ2n) is 4.89. The molecule has 110 valence electrons. The molecule has 4 nitrogen and oxygen atoms in total. The molecule has 0 radical (unpaired) electrons. The van der Waals surface area contributed by atoms with E-state index in [1.807, 2.05) is 42.5 Å². The van der Waals surface area contributed by atoms with E-state index in [1.54, 1.807) is 23.1 Å². The summed E-state index contributed by atoms with van der Waals surface area (Å²) in [5, 5.41) is 13.8. The molecule has 0 saturated heterocycles. The third kappa shape index (κ3) is 3.02. The number of rotatable bonds is 4. The topological polar surface area (TPSA) is 55.1 Å². The van der Waals surface area contributed by atoms with E-state index in [0.717, 1.165) is 16.8 Å². The van der Waals surface area contributed by atoms with E-state index >= 15 is 0 Å². The van der Waals surface area contributed by atoms with Gasteiger partial charge >= 0.3 is 5.97 Å². The molecule has 5 heteroatoms. The first kappa shape index (κ1) is 14.4. The van der Waals surface area contributed by atoms with E-state index in [1.165, 1.54) is 0 Å². The molecular weight excluding hydrogens is 300 g/mol. The molecule has 0 aliphatic rings. The zero-order valence-corrected chi connectivity index (χ0v) is 12.4. The molecule has 2 aromatic carbocycles. The first-order chi connectivity index (χ1) is 10.6. The molecular formula is C17H13ClN2O2. The summed E-state index contributed by atoms with van der Waals surface area (Å²) in [5.74, 6) is -0.876. The van der Waals surface area contributed by atoms with Crippen LogP contribution >= 0.6 is 11.6 Å². The van der Waals surface area contributed by atoms with E-state index in [0.29, 0.717) is 10.6 Å². The maximum absolute atomic E-state index is 10.8. The third-order valence-electron chi connectivity index (χ3n) is 3.28. The van der Waals surface area contributed by atoms with E-state index in [9.17, 15) is 4.79 Å². The number of carbonyl (C=O) groups is 1. The van der Waals surface area contributed by atoms with Gasteiger partial charge in [-0.3, -0.25) is 4.79 Å². The second kappa shape index (κ2) is 6.03. The highest BCUT2D eigenvalue weighted by atomic mass is 35.5. The Labute approximate surface area is 132 Å². The number of aliphatic carboxylic acids is 1. The molecule has 0 spiro atoms. The fourth-order valence-electron chi connectivity index (χ4n) is 2.31. The molecule has 3 rings (SSSR count). The average molecular weight is 313 g/mol. The number of benzene rings is 2. The van der Waals surface area contributed by atoms with Crippen LogP contribution in [0.4, 0.5) is 0 Å². The van der Waals surface area contributed by atoms with Gasteiger partial charge in [0.15, 0.2) is 0 Å². The highest BCUT2D eigenvalue weighted by Gasteiger charge is 2.10. The summed E-state index contributed by atoms with van der Waals surface area (Å²) < 4.78 is 1.68. The molecule has 0 saturated carbocycles. The lowest BCUT2D eigenvalue weighted by atomic mass is 10.0. The maximum Gasteiger partial charge on any atom is 0.307 e. The highest BCUT2D eigenvalue weighted by Crippen LogP contribution is 2.29. The van der Waals surface area contributed by atoms with Crippen molar-refractivity contribution in [2.45, 2.75) is 6.42 Å². The van der Waals surface area contributed by atoms with Gasteiger partial charge in [0, 0.05) is 22.3 Å². The molecule has 0 fully saturated rings. The summed E-state index contributed by atoms with van der Waals surface area (Å²) in [4.78, 5) is 10.8. The predicted molar refractivity (Wildman–Crippen MR) is 85.3 cm³/mol. The Kier molecular flexibility index (Phi) is 3.94. The third-order valence-corrected chi connectivity index (χ3v) is 3.52. The Morgan fingerprint density at radius 2 is 1.95 bits per heavy atom. The lowest BCUT2D eigenvalue weighted by Gasteiger charge is -2.10. The Morgan fingerprint density at radius 3 is 2.68 bits per heavy atom. The van der Waals surface area contributed by atoms with E-state index in [2.05, 4.69) is 5.10 Å². The van der Waals surface area contributed by atoms with Crippen LogP contribution in [0.25, 0.3) is 16.8 Å². The molecule has 0 bridgehead atoms. The van der Waals surface area contributed by atoms with Gasteiger partial charge in [-0.2, -0.15) is 5.10 Å². The summed E-state index contributed by atoms with van der Waals surface area (Å²) in [6, 6.07) is 15.4. The number of nitrogens with zero attached hydrogens (tertiary/aromatic N) is 2. The van der Waals surface area contributed by atoms with Crippen LogP contribution in [-0.4, -0.2) is 20.9 Å². The number of hydrogen-bond donors (Lipinski definition) is 1. The molecule has 0 atom stereocenters. The van der Waals surface area contributed by atoms with Crippen molar-refractivity contribution < 1.29 is 9.90 Å². The summed E-state index contributed by atoms with van der Waals surface area (Å²) in [6.07, 6.45) is 3.25. The molecule has 0 aliphatic heterocycles. The van der Waals surface area contributed by atoms with Gasteiger partial charge in [0.1, 0.15) is 0 Å². The molecule has 22 heavy (non-hydrogen) atoms. The minimum Gasteiger partial charge on any atom is -0.481 e. The maximum atomic E-state index is 10.8. The van der Waals surface area contributed by atoms with E-state index in [-0.39, 0.29) is 6.42 Å². The van der Waals surface area contributed by atoms with Gasteiger partial charge in [0.05, 0.1) is 18.3 Å². The molecule has 1 N–H and O–H groups in total. The normalized spacial score (nSPS) is 10.6. The van der Waals surface area contributed by atoms with Gasteiger partial charge in [-0.15, -0.1) is 0 Å². The van der Waals surface area contributed by atoms with Gasteiger partial charge in [0.2, 0.25) is 0 Å². The molecule has 1 heterocycles. The van der Waals surface area contributed by atoms with Crippen molar-refractivity contribution in [1.82, 2.24) is 9.78 Å². The van der Waals surface area contributed by atoms with Crippen molar-refractivity contribution in [2.24, 2.45) is 0 Å². The van der Waals surface area contributed by atoms with Crippen molar-refractivity contribution in [1.29, 1.82) is 0 Å². The zero-order chi connectivity index (χ0) is 15.5. The monoisotopic (exact) mass is 312 g/mol. The van der Waals surface area contributed by atoms with Crippen LogP contribution in [0.5, 0.6) is 0 Å². The van der Waals surface area contributed by atoms with Crippen molar-refractivity contribution in [3.05, 3.63) is 71.5 Å². The number of hydrogen-bond acceptors (Lipinski definition) is 2. The lowest BCUT2D eigenvalue weighted by Crippen LogP contribution is -1.99. The fraction of sp³-hybridized carbons (Fsp3) is 0.0588. The minimum absolute atomic E-state index is 0.0474. The molecule has 0 unspecified atom stereocenters. The van der Waals surface area contributed by atoms with Gasteiger partial charge < -0.3 is 5.11 Å². The number of carboxylic acids is 1. The Morgan fingerprint density at radius 1 is 1.18 bits per heavy atom. The van der Waals surface area contributed by atoms with Crippen molar-refractivity contribution in [3.63, 3.8) is 0 Å². The Hall–Kier alpha value is -2.59. The SMILES string of the molecule is O=C(O)Cc1cnn(-c2ccc(Cl)cc2-c2ccccc2)c1. The molecule has 3 aromatic rings. The summed E-state index contributed by atoms with van der Waals surface area (Å²) in [6.45, 7) is 0.